The van der Waals surface area contributed by atoms with Crippen LogP contribution in [-0.4, -0.2) is 36.7 Å². The lowest BCUT2D eigenvalue weighted by atomic mass is 10.1. The molecule has 0 bridgehead atoms. The van der Waals surface area contributed by atoms with Gasteiger partial charge in [-0.15, -0.1) is 0 Å². The summed E-state index contributed by atoms with van der Waals surface area (Å²) in [6, 6.07) is 14.1. The molecule has 0 saturated heterocycles. The zero-order valence-corrected chi connectivity index (χ0v) is 16.3. The SMILES string of the molecule is CNC(=O)c1ccc(CN(C2CC2)S(=O)(=O)c2cccc3cnccc23)cc1. The quantitative estimate of drug-likeness (QED) is 0.696. The van der Waals surface area contributed by atoms with Gasteiger partial charge in [-0.05, 0) is 42.7 Å². The zero-order valence-electron chi connectivity index (χ0n) is 15.5. The first kappa shape index (κ1) is 18.6. The van der Waals surface area contributed by atoms with Crippen molar-refractivity contribution in [2.45, 2.75) is 30.3 Å². The van der Waals surface area contributed by atoms with E-state index in [4.69, 9.17) is 0 Å². The number of carbonyl (C=O) groups excluding carboxylic acids is 1. The highest BCUT2D eigenvalue weighted by Gasteiger charge is 2.38. The molecular formula is C21H21N3O3S. The Bertz CT molecular complexity index is 1120. The number of nitrogens with zero attached hydrogens (tertiary/aromatic N) is 2. The van der Waals surface area contributed by atoms with Gasteiger partial charge >= 0.3 is 0 Å². The maximum Gasteiger partial charge on any atom is 0.251 e. The van der Waals surface area contributed by atoms with Crippen LogP contribution in [0.5, 0.6) is 0 Å². The van der Waals surface area contributed by atoms with Crippen molar-refractivity contribution < 1.29 is 13.2 Å². The standard InChI is InChI=1S/C21H21N3O3S/c1-22-21(25)16-7-5-15(6-8-16)14-24(18-9-10-18)28(26,27)20-4-2-3-17-13-23-12-11-19(17)20/h2-8,11-13,18H,9-10,14H2,1H3,(H,22,25). The number of benzene rings is 2. The number of pyridine rings is 1. The van der Waals surface area contributed by atoms with Gasteiger partial charge in [0.2, 0.25) is 10.0 Å². The molecule has 1 heterocycles. The van der Waals surface area contributed by atoms with Crippen molar-refractivity contribution in [2.75, 3.05) is 7.05 Å². The Morgan fingerprint density at radius 1 is 1.14 bits per heavy atom. The summed E-state index contributed by atoms with van der Waals surface area (Å²) in [6.07, 6.45) is 5.01. The number of carbonyl (C=O) groups is 1. The third-order valence-corrected chi connectivity index (χ3v) is 6.92. The fourth-order valence-corrected chi connectivity index (χ4v) is 5.19. The van der Waals surface area contributed by atoms with Crippen LogP contribution >= 0.6 is 0 Å². The zero-order chi connectivity index (χ0) is 19.7. The highest BCUT2D eigenvalue weighted by molar-refractivity contribution is 7.89. The van der Waals surface area contributed by atoms with E-state index in [1.807, 2.05) is 18.2 Å². The Labute approximate surface area is 164 Å². The number of fused-ring (bicyclic) bond motifs is 1. The Morgan fingerprint density at radius 3 is 2.57 bits per heavy atom. The molecule has 1 saturated carbocycles. The van der Waals surface area contributed by atoms with Crippen LogP contribution in [-0.2, 0) is 16.6 Å². The first-order valence-electron chi connectivity index (χ1n) is 9.16. The molecule has 1 fully saturated rings. The van der Waals surface area contributed by atoms with Crippen LogP contribution in [0, 0.1) is 0 Å². The van der Waals surface area contributed by atoms with Gasteiger partial charge in [-0.2, -0.15) is 4.31 Å². The predicted octanol–water partition coefficient (Wildman–Crippen LogP) is 2.95. The molecule has 4 rings (SSSR count). The van der Waals surface area contributed by atoms with Crippen molar-refractivity contribution in [3.05, 3.63) is 72.1 Å². The summed E-state index contributed by atoms with van der Waals surface area (Å²) in [6.45, 7) is 0.280. The first-order valence-corrected chi connectivity index (χ1v) is 10.6. The molecule has 0 spiro atoms. The fourth-order valence-electron chi connectivity index (χ4n) is 3.30. The molecule has 0 atom stereocenters. The van der Waals surface area contributed by atoms with Crippen LogP contribution in [0.4, 0.5) is 0 Å². The Morgan fingerprint density at radius 2 is 1.89 bits per heavy atom. The van der Waals surface area contributed by atoms with Crippen LogP contribution in [0.3, 0.4) is 0 Å². The minimum Gasteiger partial charge on any atom is -0.355 e. The van der Waals surface area contributed by atoms with Crippen molar-refractivity contribution in [1.82, 2.24) is 14.6 Å². The van der Waals surface area contributed by atoms with Gasteiger partial charge in [0.15, 0.2) is 0 Å². The van der Waals surface area contributed by atoms with Crippen LogP contribution in [0.1, 0.15) is 28.8 Å². The van der Waals surface area contributed by atoms with Crippen LogP contribution in [0.15, 0.2) is 65.8 Å². The second kappa shape index (κ2) is 7.33. The summed E-state index contributed by atoms with van der Waals surface area (Å²) in [5.41, 5.74) is 1.40. The molecule has 2 aromatic carbocycles. The Hall–Kier alpha value is -2.77. The number of hydrogen-bond acceptors (Lipinski definition) is 4. The second-order valence-electron chi connectivity index (χ2n) is 6.91. The van der Waals surface area contributed by atoms with Gasteiger partial charge in [0.1, 0.15) is 0 Å². The van der Waals surface area contributed by atoms with Crippen LogP contribution in [0.25, 0.3) is 10.8 Å². The van der Waals surface area contributed by atoms with E-state index >= 15 is 0 Å². The van der Waals surface area contributed by atoms with Gasteiger partial charge in [0.25, 0.3) is 5.91 Å². The maximum absolute atomic E-state index is 13.5. The summed E-state index contributed by atoms with van der Waals surface area (Å²) >= 11 is 0. The van der Waals surface area contributed by atoms with Gasteiger partial charge in [0.05, 0.1) is 4.90 Å². The van der Waals surface area contributed by atoms with Gasteiger partial charge in [-0.1, -0.05) is 24.3 Å². The molecule has 144 valence electrons. The van der Waals surface area contributed by atoms with E-state index in [1.165, 1.54) is 0 Å². The van der Waals surface area contributed by atoms with E-state index in [0.29, 0.717) is 15.8 Å². The van der Waals surface area contributed by atoms with E-state index in [1.54, 1.807) is 54.1 Å². The first-order chi connectivity index (χ1) is 13.5. The molecule has 1 aliphatic carbocycles. The van der Waals surface area contributed by atoms with Crippen LogP contribution in [0.2, 0.25) is 0 Å². The lowest BCUT2D eigenvalue weighted by Gasteiger charge is -2.23. The minimum atomic E-state index is -3.67. The van der Waals surface area contributed by atoms with Gasteiger partial charge < -0.3 is 5.32 Å². The number of amides is 1. The molecule has 0 aliphatic heterocycles. The average Bonchev–Trinajstić information content (AvgIpc) is 3.56. The molecule has 0 radical (unpaired) electrons. The lowest BCUT2D eigenvalue weighted by Crippen LogP contribution is -2.32. The predicted molar refractivity (Wildman–Crippen MR) is 107 cm³/mol. The van der Waals surface area contributed by atoms with Crippen molar-refractivity contribution >= 4 is 26.7 Å². The smallest absolute Gasteiger partial charge is 0.251 e. The van der Waals surface area contributed by atoms with Crippen molar-refractivity contribution in [2.24, 2.45) is 0 Å². The topological polar surface area (TPSA) is 79.4 Å². The average molecular weight is 395 g/mol. The van der Waals surface area contributed by atoms with Gasteiger partial charge in [-0.3, -0.25) is 9.78 Å². The summed E-state index contributed by atoms with van der Waals surface area (Å²) in [4.78, 5) is 16.1. The Balaban J connectivity index is 1.68. The van der Waals surface area contributed by atoms with Gasteiger partial charge in [0, 0.05) is 48.4 Å². The molecule has 7 heteroatoms. The third-order valence-electron chi connectivity index (χ3n) is 4.96. The summed E-state index contributed by atoms with van der Waals surface area (Å²) in [5.74, 6) is -0.164. The highest BCUT2D eigenvalue weighted by atomic mass is 32.2. The van der Waals surface area contributed by atoms with E-state index in [9.17, 15) is 13.2 Å². The molecule has 6 nitrogen and oxygen atoms in total. The van der Waals surface area contributed by atoms with Crippen molar-refractivity contribution in [3.63, 3.8) is 0 Å². The fraction of sp³-hybridized carbons (Fsp3) is 0.238. The molecular weight excluding hydrogens is 374 g/mol. The van der Waals surface area contributed by atoms with E-state index in [2.05, 4.69) is 10.3 Å². The lowest BCUT2D eigenvalue weighted by molar-refractivity contribution is 0.0963. The molecule has 1 amide bonds. The van der Waals surface area contributed by atoms with Crippen molar-refractivity contribution in [3.8, 4) is 0 Å². The highest BCUT2D eigenvalue weighted by Crippen LogP contribution is 2.35. The molecule has 1 aromatic heterocycles. The normalized spacial score (nSPS) is 14.4. The molecule has 0 unspecified atom stereocenters. The summed E-state index contributed by atoms with van der Waals surface area (Å²) < 4.78 is 28.6. The molecule has 1 N–H and O–H groups in total. The molecule has 1 aliphatic rings. The minimum absolute atomic E-state index is 0.0145. The van der Waals surface area contributed by atoms with E-state index in [0.717, 1.165) is 23.8 Å². The molecule has 28 heavy (non-hydrogen) atoms. The third kappa shape index (κ3) is 3.50. The van der Waals surface area contributed by atoms with Gasteiger partial charge in [-0.25, -0.2) is 8.42 Å². The van der Waals surface area contributed by atoms with E-state index in [-0.39, 0.29) is 18.5 Å². The monoisotopic (exact) mass is 395 g/mol. The van der Waals surface area contributed by atoms with Crippen LogP contribution < -0.4 is 5.32 Å². The largest absolute Gasteiger partial charge is 0.355 e. The number of rotatable bonds is 6. The van der Waals surface area contributed by atoms with E-state index < -0.39 is 10.0 Å². The Kier molecular flexibility index (Phi) is 4.87. The second-order valence-corrected chi connectivity index (χ2v) is 8.77. The number of aromatic nitrogens is 1. The maximum atomic E-state index is 13.5. The van der Waals surface area contributed by atoms with Crippen molar-refractivity contribution in [1.29, 1.82) is 0 Å². The summed E-state index contributed by atoms with van der Waals surface area (Å²) in [7, 11) is -2.09. The molecule has 3 aromatic rings. The number of sulfonamides is 1. The number of hydrogen-bond donors (Lipinski definition) is 1. The number of nitrogens with one attached hydrogen (secondary N) is 1. The summed E-state index contributed by atoms with van der Waals surface area (Å²) in [5, 5.41) is 4.06.